The van der Waals surface area contributed by atoms with Gasteiger partial charge in [0.25, 0.3) is 5.69 Å². The van der Waals surface area contributed by atoms with Crippen molar-refractivity contribution in [1.29, 1.82) is 0 Å². The molecule has 7 heteroatoms. The Morgan fingerprint density at radius 1 is 1.30 bits per heavy atom. The molecule has 1 rings (SSSR count). The fourth-order valence-corrected chi connectivity index (χ4v) is 1.50. The summed E-state index contributed by atoms with van der Waals surface area (Å²) >= 11 is 0. The zero-order chi connectivity index (χ0) is 14.8. The highest BCUT2D eigenvalue weighted by Gasteiger charge is 2.11. The van der Waals surface area contributed by atoms with Crippen LogP contribution < -0.4 is 10.1 Å². The molecule has 0 bridgehead atoms. The molecule has 0 fully saturated rings. The third-order valence-corrected chi connectivity index (χ3v) is 2.48. The first-order valence-electron chi connectivity index (χ1n) is 6.78. The fourth-order valence-electron chi connectivity index (χ4n) is 1.50. The molecule has 1 heterocycles. The van der Waals surface area contributed by atoms with Crippen molar-refractivity contribution in [3.63, 3.8) is 0 Å². The van der Waals surface area contributed by atoms with Crippen molar-refractivity contribution in [3.05, 3.63) is 22.2 Å². The van der Waals surface area contributed by atoms with Gasteiger partial charge in [0, 0.05) is 13.2 Å². The van der Waals surface area contributed by atoms with Gasteiger partial charge in [-0.05, 0) is 13.3 Å². The molecular weight excluding hydrogens is 262 g/mol. The molecule has 20 heavy (non-hydrogen) atoms. The zero-order valence-corrected chi connectivity index (χ0v) is 11.9. The van der Waals surface area contributed by atoms with Crippen LogP contribution in [0.1, 0.15) is 26.7 Å². The molecule has 1 aromatic heterocycles. The molecule has 0 unspecified atom stereocenters. The Labute approximate surface area is 118 Å². The second-order valence-corrected chi connectivity index (χ2v) is 4.15. The first kappa shape index (κ1) is 16.2. The van der Waals surface area contributed by atoms with Crippen molar-refractivity contribution in [3.8, 4) is 5.88 Å². The van der Waals surface area contributed by atoms with Gasteiger partial charge in [0.1, 0.15) is 12.4 Å². The molecule has 0 aliphatic rings. The lowest BCUT2D eigenvalue weighted by Crippen LogP contribution is -2.09. The van der Waals surface area contributed by atoms with E-state index in [4.69, 9.17) is 9.47 Å². The van der Waals surface area contributed by atoms with Gasteiger partial charge in [0.05, 0.1) is 23.7 Å². The first-order valence-corrected chi connectivity index (χ1v) is 6.78. The first-order chi connectivity index (χ1) is 9.67. The fraction of sp³-hybridized carbons (Fsp3) is 0.615. The van der Waals surface area contributed by atoms with Gasteiger partial charge in [-0.1, -0.05) is 13.3 Å². The molecule has 1 N–H and O–H groups in total. The molecule has 7 nitrogen and oxygen atoms in total. The van der Waals surface area contributed by atoms with Gasteiger partial charge < -0.3 is 14.8 Å². The Balaban J connectivity index is 2.53. The lowest BCUT2D eigenvalue weighted by molar-refractivity contribution is -0.384. The van der Waals surface area contributed by atoms with Crippen molar-refractivity contribution < 1.29 is 14.4 Å². The number of pyridine rings is 1. The Kier molecular flexibility index (Phi) is 7.34. The summed E-state index contributed by atoms with van der Waals surface area (Å²) < 4.78 is 10.7. The highest BCUT2D eigenvalue weighted by atomic mass is 16.6. The number of nitrogens with zero attached hydrogens (tertiary/aromatic N) is 2. The second-order valence-electron chi connectivity index (χ2n) is 4.15. The Morgan fingerprint density at radius 2 is 2.10 bits per heavy atom. The average Bonchev–Trinajstić information content (AvgIpc) is 2.43. The summed E-state index contributed by atoms with van der Waals surface area (Å²) in [5.41, 5.74) is -0.0437. The van der Waals surface area contributed by atoms with Gasteiger partial charge in [-0.2, -0.15) is 4.98 Å². The van der Waals surface area contributed by atoms with Crippen molar-refractivity contribution in [2.45, 2.75) is 26.7 Å². The zero-order valence-electron chi connectivity index (χ0n) is 11.9. The third-order valence-electron chi connectivity index (χ3n) is 2.48. The van der Waals surface area contributed by atoms with Crippen molar-refractivity contribution in [2.75, 3.05) is 31.7 Å². The molecule has 0 saturated heterocycles. The largest absolute Gasteiger partial charge is 0.475 e. The van der Waals surface area contributed by atoms with E-state index in [9.17, 15) is 10.1 Å². The maximum atomic E-state index is 10.8. The van der Waals surface area contributed by atoms with E-state index in [-0.39, 0.29) is 11.6 Å². The van der Waals surface area contributed by atoms with Crippen molar-refractivity contribution in [2.24, 2.45) is 0 Å². The van der Waals surface area contributed by atoms with Gasteiger partial charge in [0.15, 0.2) is 0 Å². The van der Waals surface area contributed by atoms with Crippen molar-refractivity contribution in [1.82, 2.24) is 4.98 Å². The maximum Gasteiger partial charge on any atom is 0.278 e. The SMILES string of the molecule is CCCCOCCOc1cc([N+](=O)[O-])cc(NCC)n1. The standard InChI is InChI=1S/C13H21N3O4/c1-3-5-6-19-7-8-20-13-10-11(16(17)18)9-12(15-13)14-4-2/h9-10H,3-8H2,1-2H3,(H,14,15). The van der Waals surface area contributed by atoms with Gasteiger partial charge in [-0.3, -0.25) is 10.1 Å². The molecule has 0 aromatic carbocycles. The number of rotatable bonds is 10. The molecule has 0 aliphatic carbocycles. The van der Waals surface area contributed by atoms with Gasteiger partial charge >= 0.3 is 0 Å². The van der Waals surface area contributed by atoms with Crippen LogP contribution in [-0.4, -0.2) is 36.3 Å². The molecule has 0 amide bonds. The number of hydrogen-bond acceptors (Lipinski definition) is 6. The molecule has 0 spiro atoms. The van der Waals surface area contributed by atoms with Gasteiger partial charge in [-0.25, -0.2) is 0 Å². The normalized spacial score (nSPS) is 10.3. The van der Waals surface area contributed by atoms with Crippen LogP contribution in [0.4, 0.5) is 11.5 Å². The minimum absolute atomic E-state index is 0.0437. The van der Waals surface area contributed by atoms with E-state index < -0.39 is 4.92 Å². The van der Waals surface area contributed by atoms with E-state index in [1.54, 1.807) is 0 Å². The van der Waals surface area contributed by atoms with Crippen LogP contribution in [0.25, 0.3) is 0 Å². The third kappa shape index (κ3) is 5.83. The number of aromatic nitrogens is 1. The van der Waals surface area contributed by atoms with E-state index >= 15 is 0 Å². The van der Waals surface area contributed by atoms with Crippen LogP contribution in [-0.2, 0) is 4.74 Å². The molecule has 0 atom stereocenters. The topological polar surface area (TPSA) is 86.5 Å². The number of anilines is 1. The van der Waals surface area contributed by atoms with E-state index in [0.29, 0.717) is 32.2 Å². The predicted octanol–water partition coefficient (Wildman–Crippen LogP) is 2.62. The smallest absolute Gasteiger partial charge is 0.278 e. The number of unbranched alkanes of at least 4 members (excludes halogenated alkanes) is 1. The number of hydrogen-bond donors (Lipinski definition) is 1. The minimum atomic E-state index is -0.465. The van der Waals surface area contributed by atoms with Crippen LogP contribution in [0.2, 0.25) is 0 Å². The molecule has 0 saturated carbocycles. The summed E-state index contributed by atoms with van der Waals surface area (Å²) in [6.45, 7) is 6.08. The number of nitro groups is 1. The van der Waals surface area contributed by atoms with Crippen LogP contribution >= 0.6 is 0 Å². The molecule has 112 valence electrons. The van der Waals surface area contributed by atoms with E-state index in [1.165, 1.54) is 12.1 Å². The molecule has 0 radical (unpaired) electrons. The molecule has 1 aromatic rings. The van der Waals surface area contributed by atoms with Crippen LogP contribution in [0.15, 0.2) is 12.1 Å². The summed E-state index contributed by atoms with van der Waals surface area (Å²) in [6, 6.07) is 2.70. The van der Waals surface area contributed by atoms with Gasteiger partial charge in [0.2, 0.25) is 5.88 Å². The highest BCUT2D eigenvalue weighted by molar-refractivity contribution is 5.48. The second kappa shape index (κ2) is 9.08. The summed E-state index contributed by atoms with van der Waals surface area (Å²) in [6.07, 6.45) is 2.10. The average molecular weight is 283 g/mol. The summed E-state index contributed by atoms with van der Waals surface area (Å²) in [5.74, 6) is 0.665. The van der Waals surface area contributed by atoms with E-state index in [0.717, 1.165) is 12.8 Å². The van der Waals surface area contributed by atoms with Gasteiger partial charge in [-0.15, -0.1) is 0 Å². The predicted molar refractivity (Wildman–Crippen MR) is 76.3 cm³/mol. The van der Waals surface area contributed by atoms with E-state index in [1.807, 2.05) is 6.92 Å². The lowest BCUT2D eigenvalue weighted by atomic mass is 10.4. The summed E-state index contributed by atoms with van der Waals surface area (Å²) in [5, 5.41) is 13.8. The maximum absolute atomic E-state index is 10.8. The van der Waals surface area contributed by atoms with Crippen molar-refractivity contribution >= 4 is 11.5 Å². The molecule has 0 aliphatic heterocycles. The summed E-state index contributed by atoms with van der Waals surface area (Å²) in [4.78, 5) is 14.5. The van der Waals surface area contributed by atoms with Crippen LogP contribution in [0, 0.1) is 10.1 Å². The van der Waals surface area contributed by atoms with Crippen LogP contribution in [0.3, 0.4) is 0 Å². The minimum Gasteiger partial charge on any atom is -0.475 e. The highest BCUT2D eigenvalue weighted by Crippen LogP contribution is 2.21. The quantitative estimate of drug-likeness (QED) is 0.403. The molecular formula is C13H21N3O4. The van der Waals surface area contributed by atoms with Crippen LogP contribution in [0.5, 0.6) is 5.88 Å². The Bertz CT molecular complexity index is 426. The lowest BCUT2D eigenvalue weighted by Gasteiger charge is -2.08. The number of nitrogens with one attached hydrogen (secondary N) is 1. The number of ether oxygens (including phenoxy) is 2. The monoisotopic (exact) mass is 283 g/mol. The Hall–Kier alpha value is -1.89. The summed E-state index contributed by atoms with van der Waals surface area (Å²) in [7, 11) is 0. The van der Waals surface area contributed by atoms with E-state index in [2.05, 4.69) is 17.2 Å². The Morgan fingerprint density at radius 3 is 2.75 bits per heavy atom.